The number of aromatic nitrogens is 2. The lowest BCUT2D eigenvalue weighted by atomic mass is 10.1. The Balaban J connectivity index is 1.69. The van der Waals surface area contributed by atoms with E-state index in [1.54, 1.807) is 4.57 Å². The molecule has 6 heteroatoms. The van der Waals surface area contributed by atoms with Crippen LogP contribution in [0.3, 0.4) is 0 Å². The van der Waals surface area contributed by atoms with Gasteiger partial charge < -0.3 is 10.2 Å². The number of hydrogen-bond donors (Lipinski definition) is 3. The maximum Gasteiger partial charge on any atom is 0.330 e. The summed E-state index contributed by atoms with van der Waals surface area (Å²) < 4.78 is 1.65. The highest BCUT2D eigenvalue weighted by Crippen LogP contribution is 2.18. The molecule has 1 saturated carbocycles. The second-order valence-electron chi connectivity index (χ2n) is 6.83. The van der Waals surface area contributed by atoms with Crippen LogP contribution in [0.4, 0.5) is 5.82 Å². The van der Waals surface area contributed by atoms with Crippen molar-refractivity contribution in [3.8, 4) is 0 Å². The minimum absolute atomic E-state index is 0.248. The summed E-state index contributed by atoms with van der Waals surface area (Å²) in [7, 11) is 0. The lowest BCUT2D eigenvalue weighted by Gasteiger charge is -2.31. The molecule has 0 spiro atoms. The average Bonchev–Trinajstić information content (AvgIpc) is 3.14. The van der Waals surface area contributed by atoms with E-state index in [9.17, 15) is 9.59 Å². The van der Waals surface area contributed by atoms with Crippen LogP contribution in [0.25, 0.3) is 0 Å². The molecule has 2 heterocycles. The molecule has 4 rings (SSSR count). The summed E-state index contributed by atoms with van der Waals surface area (Å²) in [6.07, 6.45) is 5.03. The summed E-state index contributed by atoms with van der Waals surface area (Å²) in [4.78, 5) is 28.6. The van der Waals surface area contributed by atoms with Crippen LogP contribution in [0.15, 0.2) is 39.9 Å². The smallest absolute Gasteiger partial charge is 0.324 e. The number of anilines is 1. The van der Waals surface area contributed by atoms with Gasteiger partial charge in [0.05, 0.1) is 12.6 Å². The number of nitrogens with one attached hydrogen (secondary N) is 3. The van der Waals surface area contributed by atoms with Crippen molar-refractivity contribution in [3.05, 3.63) is 62.3 Å². The van der Waals surface area contributed by atoms with E-state index in [0.717, 1.165) is 12.2 Å². The molecule has 3 N–H and O–H groups in total. The number of rotatable bonds is 3. The van der Waals surface area contributed by atoms with E-state index in [4.69, 9.17) is 0 Å². The third kappa shape index (κ3) is 2.78. The van der Waals surface area contributed by atoms with E-state index < -0.39 is 0 Å². The Morgan fingerprint density at radius 3 is 2.62 bits per heavy atom. The SMILES string of the molecule is O=c1[nH]c(=O)n(Cc2ccccc2)c2c1C[NH+](C1CCCC1)CN2. The number of nitrogens with zero attached hydrogens (tertiary/aromatic N) is 1. The molecule has 6 nitrogen and oxygen atoms in total. The molecule has 0 radical (unpaired) electrons. The summed E-state index contributed by atoms with van der Waals surface area (Å²) in [6, 6.07) is 10.5. The zero-order chi connectivity index (χ0) is 16.5. The van der Waals surface area contributed by atoms with Crippen molar-refractivity contribution < 1.29 is 4.90 Å². The maximum atomic E-state index is 12.3. The van der Waals surface area contributed by atoms with Crippen LogP contribution in [0.2, 0.25) is 0 Å². The molecule has 126 valence electrons. The fourth-order valence-electron chi connectivity index (χ4n) is 4.00. The monoisotopic (exact) mass is 327 g/mol. The van der Waals surface area contributed by atoms with Crippen LogP contribution in [0.1, 0.15) is 36.8 Å². The van der Waals surface area contributed by atoms with Gasteiger partial charge in [-0.3, -0.25) is 14.3 Å². The second kappa shape index (κ2) is 6.28. The first-order valence-corrected chi connectivity index (χ1v) is 8.71. The lowest BCUT2D eigenvalue weighted by molar-refractivity contribution is -0.936. The highest BCUT2D eigenvalue weighted by Gasteiger charge is 2.32. The first-order valence-electron chi connectivity index (χ1n) is 8.71. The first-order chi connectivity index (χ1) is 11.7. The zero-order valence-corrected chi connectivity index (χ0v) is 13.7. The number of quaternary nitrogens is 1. The molecule has 2 aliphatic rings. The van der Waals surface area contributed by atoms with Crippen LogP contribution in [-0.4, -0.2) is 22.3 Å². The van der Waals surface area contributed by atoms with Gasteiger partial charge in [0.2, 0.25) is 0 Å². The van der Waals surface area contributed by atoms with Crippen LogP contribution < -0.4 is 21.5 Å². The summed E-state index contributed by atoms with van der Waals surface area (Å²) in [5.74, 6) is 0.689. The molecule has 2 aromatic rings. The lowest BCUT2D eigenvalue weighted by Crippen LogP contribution is -3.16. The van der Waals surface area contributed by atoms with Crippen LogP contribution in [0, 0.1) is 0 Å². The van der Waals surface area contributed by atoms with Gasteiger partial charge in [0, 0.05) is 0 Å². The van der Waals surface area contributed by atoms with E-state index in [0.29, 0.717) is 30.5 Å². The Morgan fingerprint density at radius 2 is 1.88 bits per heavy atom. The Labute approximate surface area is 140 Å². The Kier molecular flexibility index (Phi) is 3.98. The number of aromatic amines is 1. The molecule has 1 aromatic heterocycles. The van der Waals surface area contributed by atoms with E-state index in [2.05, 4.69) is 10.3 Å². The van der Waals surface area contributed by atoms with Crippen molar-refractivity contribution in [1.82, 2.24) is 9.55 Å². The molecular weight excluding hydrogens is 304 g/mol. The Hall–Kier alpha value is -2.34. The van der Waals surface area contributed by atoms with Gasteiger partial charge in [0.25, 0.3) is 5.56 Å². The van der Waals surface area contributed by atoms with Gasteiger partial charge in [-0.1, -0.05) is 30.3 Å². The van der Waals surface area contributed by atoms with Crippen molar-refractivity contribution in [2.75, 3.05) is 12.0 Å². The quantitative estimate of drug-likeness (QED) is 0.759. The molecule has 0 bridgehead atoms. The topological polar surface area (TPSA) is 71.3 Å². The molecule has 1 fully saturated rings. The van der Waals surface area contributed by atoms with E-state index >= 15 is 0 Å². The molecule has 0 amide bonds. The number of H-pyrrole nitrogens is 1. The van der Waals surface area contributed by atoms with Crippen LogP contribution in [-0.2, 0) is 13.1 Å². The third-order valence-corrected chi connectivity index (χ3v) is 5.30. The standard InChI is InChI=1S/C18H22N4O2/c23-17-15-11-21(14-8-4-5-9-14)12-19-16(15)22(18(24)20-17)10-13-6-2-1-3-7-13/h1-3,6-7,14,19H,4-5,8-12H2,(H,20,23,24)/p+1. The van der Waals surface area contributed by atoms with E-state index in [-0.39, 0.29) is 11.2 Å². The number of benzene rings is 1. The minimum atomic E-state index is -0.348. The molecule has 0 saturated heterocycles. The summed E-state index contributed by atoms with van der Waals surface area (Å²) in [5, 5.41) is 3.37. The fourth-order valence-corrected chi connectivity index (χ4v) is 4.00. The third-order valence-electron chi connectivity index (χ3n) is 5.30. The highest BCUT2D eigenvalue weighted by molar-refractivity contribution is 5.44. The largest absolute Gasteiger partial charge is 0.330 e. The minimum Gasteiger partial charge on any atom is -0.324 e. The van der Waals surface area contributed by atoms with Crippen LogP contribution >= 0.6 is 0 Å². The summed E-state index contributed by atoms with van der Waals surface area (Å²) in [5.41, 5.74) is 1.15. The van der Waals surface area contributed by atoms with Gasteiger partial charge in [0.15, 0.2) is 6.67 Å². The average molecular weight is 327 g/mol. The van der Waals surface area contributed by atoms with Crippen molar-refractivity contribution in [1.29, 1.82) is 0 Å². The Bertz CT molecular complexity index is 834. The number of fused-ring (bicyclic) bond motifs is 1. The molecule has 1 atom stereocenters. The van der Waals surface area contributed by atoms with Crippen molar-refractivity contribution in [3.63, 3.8) is 0 Å². The zero-order valence-electron chi connectivity index (χ0n) is 13.7. The molecule has 1 aliphatic heterocycles. The number of hydrogen-bond acceptors (Lipinski definition) is 3. The molecule has 1 aliphatic carbocycles. The molecule has 24 heavy (non-hydrogen) atoms. The van der Waals surface area contributed by atoms with E-state index in [1.807, 2.05) is 30.3 Å². The first kappa shape index (κ1) is 15.2. The van der Waals surface area contributed by atoms with Crippen molar-refractivity contribution in [2.24, 2.45) is 0 Å². The summed E-state index contributed by atoms with van der Waals surface area (Å²) >= 11 is 0. The van der Waals surface area contributed by atoms with Crippen LogP contribution in [0.5, 0.6) is 0 Å². The predicted octanol–water partition coefficient (Wildman–Crippen LogP) is 0.295. The normalized spacial score (nSPS) is 20.6. The van der Waals surface area contributed by atoms with Gasteiger partial charge >= 0.3 is 5.69 Å². The molecule has 1 unspecified atom stereocenters. The maximum absolute atomic E-state index is 12.3. The van der Waals surface area contributed by atoms with Gasteiger partial charge in [-0.2, -0.15) is 0 Å². The predicted molar refractivity (Wildman–Crippen MR) is 92.3 cm³/mol. The van der Waals surface area contributed by atoms with E-state index in [1.165, 1.54) is 30.6 Å². The fraction of sp³-hybridized carbons (Fsp3) is 0.444. The van der Waals surface area contributed by atoms with Gasteiger partial charge in [-0.15, -0.1) is 0 Å². The van der Waals surface area contributed by atoms with Gasteiger partial charge in [0.1, 0.15) is 17.9 Å². The molecular formula is C18H23N4O2+. The van der Waals surface area contributed by atoms with Gasteiger partial charge in [-0.25, -0.2) is 4.79 Å². The molecule has 1 aromatic carbocycles. The van der Waals surface area contributed by atoms with Crippen molar-refractivity contribution >= 4 is 5.82 Å². The van der Waals surface area contributed by atoms with Crippen molar-refractivity contribution in [2.45, 2.75) is 44.8 Å². The summed E-state index contributed by atoms with van der Waals surface area (Å²) in [6.45, 7) is 1.93. The second-order valence-corrected chi connectivity index (χ2v) is 6.83. The van der Waals surface area contributed by atoms with Gasteiger partial charge in [-0.05, 0) is 31.2 Å². The highest BCUT2D eigenvalue weighted by atomic mass is 16.2. The Morgan fingerprint density at radius 1 is 1.12 bits per heavy atom.